The van der Waals surface area contributed by atoms with Crippen LogP contribution in [0.5, 0.6) is 0 Å². The molecule has 1 aromatic carbocycles. The number of nitrogens with zero attached hydrogens (tertiary/aromatic N) is 2. The molecule has 0 saturated heterocycles. The van der Waals surface area contributed by atoms with Gasteiger partial charge in [-0.2, -0.15) is 0 Å². The quantitative estimate of drug-likeness (QED) is 0.723. The van der Waals surface area contributed by atoms with E-state index in [2.05, 4.69) is 9.97 Å². The van der Waals surface area contributed by atoms with Crippen LogP contribution in [0.25, 0.3) is 10.9 Å². The van der Waals surface area contributed by atoms with E-state index < -0.39 is 12.1 Å². The number of rotatable bonds is 1. The lowest BCUT2D eigenvalue weighted by Crippen LogP contribution is -2.45. The predicted octanol–water partition coefficient (Wildman–Crippen LogP) is 3.91. The molecule has 1 aliphatic carbocycles. The van der Waals surface area contributed by atoms with Crippen molar-refractivity contribution in [3.05, 3.63) is 65.4 Å². The van der Waals surface area contributed by atoms with Crippen LogP contribution in [0.4, 0.5) is 9.18 Å². The summed E-state index contributed by atoms with van der Waals surface area (Å²) in [5, 5.41) is 1.14. The number of ether oxygens (including phenoxy) is 1. The van der Waals surface area contributed by atoms with Gasteiger partial charge in [-0.1, -0.05) is 12.1 Å². The standard InChI is InChI=1S/C20H18FN3O2/c1-26-19(25)24-11-20(6-7-20)16-14-5-8-22-10-15(14)23-17(16)18(24)12-3-2-4-13(21)9-12/h2-5,8-10,18,23H,6-7,11H2,1H3. The molecule has 1 spiro atoms. The summed E-state index contributed by atoms with van der Waals surface area (Å²) in [5.41, 5.74) is 3.80. The van der Waals surface area contributed by atoms with Crippen molar-refractivity contribution in [3.63, 3.8) is 0 Å². The number of carbonyl (C=O) groups is 1. The van der Waals surface area contributed by atoms with Crippen molar-refractivity contribution < 1.29 is 13.9 Å². The van der Waals surface area contributed by atoms with Crippen LogP contribution in [0.2, 0.25) is 0 Å². The van der Waals surface area contributed by atoms with Gasteiger partial charge in [0.2, 0.25) is 0 Å². The molecule has 132 valence electrons. The van der Waals surface area contributed by atoms with Gasteiger partial charge >= 0.3 is 6.09 Å². The summed E-state index contributed by atoms with van der Waals surface area (Å²) >= 11 is 0. The second kappa shape index (κ2) is 5.30. The summed E-state index contributed by atoms with van der Waals surface area (Å²) in [6, 6.07) is 8.02. The molecular weight excluding hydrogens is 333 g/mol. The molecule has 5 rings (SSSR count). The number of hydrogen-bond donors (Lipinski definition) is 1. The fourth-order valence-electron chi connectivity index (χ4n) is 4.36. The van der Waals surface area contributed by atoms with E-state index in [9.17, 15) is 9.18 Å². The van der Waals surface area contributed by atoms with Gasteiger partial charge in [-0.25, -0.2) is 9.18 Å². The highest BCUT2D eigenvalue weighted by molar-refractivity contribution is 5.87. The van der Waals surface area contributed by atoms with Crippen molar-refractivity contribution in [2.24, 2.45) is 0 Å². The minimum absolute atomic E-state index is 0.0487. The number of aromatic amines is 1. The number of nitrogens with one attached hydrogen (secondary N) is 1. The number of H-pyrrole nitrogens is 1. The number of halogens is 1. The number of carbonyl (C=O) groups excluding carboxylic acids is 1. The van der Waals surface area contributed by atoms with Crippen LogP contribution in [0.1, 0.15) is 35.7 Å². The molecule has 1 atom stereocenters. The van der Waals surface area contributed by atoms with Crippen molar-refractivity contribution in [2.75, 3.05) is 13.7 Å². The van der Waals surface area contributed by atoms with Gasteiger partial charge in [-0.05, 0) is 42.2 Å². The highest BCUT2D eigenvalue weighted by Crippen LogP contribution is 2.57. The molecule has 2 aliphatic rings. The first-order valence-electron chi connectivity index (χ1n) is 8.69. The maximum Gasteiger partial charge on any atom is 0.410 e. The van der Waals surface area contributed by atoms with Crippen molar-refractivity contribution in [2.45, 2.75) is 24.3 Å². The summed E-state index contributed by atoms with van der Waals surface area (Å²) in [7, 11) is 1.38. The number of pyridine rings is 1. The van der Waals surface area contributed by atoms with Gasteiger partial charge in [0.15, 0.2) is 0 Å². The van der Waals surface area contributed by atoms with E-state index in [1.54, 1.807) is 23.4 Å². The van der Waals surface area contributed by atoms with E-state index in [1.807, 2.05) is 12.1 Å². The molecule has 6 heteroatoms. The van der Waals surface area contributed by atoms with Crippen LogP contribution < -0.4 is 0 Å². The average Bonchev–Trinajstić information content (AvgIpc) is 3.30. The number of aromatic nitrogens is 2. The molecule has 1 fully saturated rings. The lowest BCUT2D eigenvalue weighted by Gasteiger charge is -2.39. The van der Waals surface area contributed by atoms with Crippen molar-refractivity contribution in [3.8, 4) is 0 Å². The molecule has 1 amide bonds. The van der Waals surface area contributed by atoms with Crippen LogP contribution >= 0.6 is 0 Å². The number of methoxy groups -OCH3 is 1. The second-order valence-electron chi connectivity index (χ2n) is 7.17. The minimum Gasteiger partial charge on any atom is -0.453 e. The number of hydrogen-bond acceptors (Lipinski definition) is 3. The Hall–Kier alpha value is -2.89. The Bertz CT molecular complexity index is 1020. The first-order valence-corrected chi connectivity index (χ1v) is 8.69. The van der Waals surface area contributed by atoms with Gasteiger partial charge in [0.05, 0.1) is 18.8 Å². The van der Waals surface area contributed by atoms with Crippen LogP contribution in [0, 0.1) is 5.82 Å². The Morgan fingerprint density at radius 2 is 2.23 bits per heavy atom. The number of amides is 1. The van der Waals surface area contributed by atoms with Gasteiger partial charge in [-0.3, -0.25) is 9.88 Å². The maximum absolute atomic E-state index is 13.9. The van der Waals surface area contributed by atoms with E-state index in [4.69, 9.17) is 4.74 Å². The predicted molar refractivity (Wildman–Crippen MR) is 94.4 cm³/mol. The monoisotopic (exact) mass is 351 g/mol. The van der Waals surface area contributed by atoms with Gasteiger partial charge in [0.1, 0.15) is 11.9 Å². The molecular formula is C20H18FN3O2. The zero-order chi connectivity index (χ0) is 17.9. The number of fused-ring (bicyclic) bond motifs is 4. The van der Waals surface area contributed by atoms with Gasteiger partial charge in [-0.15, -0.1) is 0 Å². The first kappa shape index (κ1) is 15.4. The first-order chi connectivity index (χ1) is 12.6. The third-order valence-electron chi connectivity index (χ3n) is 5.64. The third kappa shape index (κ3) is 2.08. The Kier molecular flexibility index (Phi) is 3.13. The van der Waals surface area contributed by atoms with Gasteiger partial charge < -0.3 is 9.72 Å². The van der Waals surface area contributed by atoms with Crippen molar-refractivity contribution in [1.82, 2.24) is 14.9 Å². The smallest absolute Gasteiger partial charge is 0.410 e. The highest BCUT2D eigenvalue weighted by Gasteiger charge is 2.55. The fraction of sp³-hybridized carbons (Fsp3) is 0.300. The van der Waals surface area contributed by atoms with Crippen LogP contribution in [-0.2, 0) is 10.2 Å². The number of benzene rings is 1. The van der Waals surface area contributed by atoms with Crippen LogP contribution in [0.3, 0.4) is 0 Å². The molecule has 26 heavy (non-hydrogen) atoms. The molecule has 5 nitrogen and oxygen atoms in total. The van der Waals surface area contributed by atoms with Crippen LogP contribution in [-0.4, -0.2) is 34.6 Å². The largest absolute Gasteiger partial charge is 0.453 e. The Balaban J connectivity index is 1.78. The van der Waals surface area contributed by atoms with E-state index in [1.165, 1.54) is 24.8 Å². The van der Waals surface area contributed by atoms with Crippen LogP contribution in [0.15, 0.2) is 42.7 Å². The topological polar surface area (TPSA) is 58.2 Å². The van der Waals surface area contributed by atoms with E-state index in [-0.39, 0.29) is 11.2 Å². The molecule has 3 heterocycles. The Morgan fingerprint density at radius 1 is 1.38 bits per heavy atom. The van der Waals surface area contributed by atoms with E-state index in [0.717, 1.165) is 35.0 Å². The molecule has 2 aromatic heterocycles. The molecule has 1 unspecified atom stereocenters. The van der Waals surface area contributed by atoms with Crippen molar-refractivity contribution in [1.29, 1.82) is 0 Å². The Labute approximate surface area is 149 Å². The molecule has 1 N–H and O–H groups in total. The third-order valence-corrected chi connectivity index (χ3v) is 5.64. The van der Waals surface area contributed by atoms with Crippen molar-refractivity contribution >= 4 is 17.0 Å². The zero-order valence-electron chi connectivity index (χ0n) is 14.3. The lowest BCUT2D eigenvalue weighted by atomic mass is 9.83. The molecule has 1 aliphatic heterocycles. The van der Waals surface area contributed by atoms with Gasteiger partial charge in [0.25, 0.3) is 0 Å². The molecule has 0 radical (unpaired) electrons. The van der Waals surface area contributed by atoms with E-state index >= 15 is 0 Å². The summed E-state index contributed by atoms with van der Waals surface area (Å²) in [4.78, 5) is 21.9. The summed E-state index contributed by atoms with van der Waals surface area (Å²) in [5.74, 6) is -0.321. The minimum atomic E-state index is -0.410. The fourth-order valence-corrected chi connectivity index (χ4v) is 4.36. The molecule has 0 bridgehead atoms. The highest BCUT2D eigenvalue weighted by atomic mass is 19.1. The Morgan fingerprint density at radius 3 is 2.96 bits per heavy atom. The molecule has 1 saturated carbocycles. The summed E-state index contributed by atoms with van der Waals surface area (Å²) in [6.45, 7) is 0.573. The maximum atomic E-state index is 13.9. The molecule has 3 aromatic rings. The normalized spacial score (nSPS) is 20.2. The lowest BCUT2D eigenvalue weighted by molar-refractivity contribution is 0.101. The van der Waals surface area contributed by atoms with E-state index in [0.29, 0.717) is 6.54 Å². The summed E-state index contributed by atoms with van der Waals surface area (Å²) < 4.78 is 19.0. The average molecular weight is 351 g/mol. The summed E-state index contributed by atoms with van der Waals surface area (Å²) in [6.07, 6.45) is 5.25. The van der Waals surface area contributed by atoms with Gasteiger partial charge in [0, 0.05) is 29.2 Å². The zero-order valence-corrected chi connectivity index (χ0v) is 14.3. The second-order valence-corrected chi connectivity index (χ2v) is 7.17. The SMILES string of the molecule is COC(=O)N1CC2(CC2)c2c([nH]c3cnccc23)C1c1cccc(F)c1.